The molecule has 0 unspecified atom stereocenters. The van der Waals surface area contributed by atoms with Crippen LogP contribution in [-0.4, -0.2) is 0 Å². The first-order valence-corrected chi connectivity index (χ1v) is 7.42. The molecular weight excluding hydrogens is 301 g/mol. The van der Waals surface area contributed by atoms with Gasteiger partial charge in [0.25, 0.3) is 0 Å². The van der Waals surface area contributed by atoms with E-state index in [1.165, 1.54) is 10.9 Å². The van der Waals surface area contributed by atoms with Crippen LogP contribution < -0.4 is 4.57 Å². The maximum atomic E-state index is 6.19. The highest BCUT2D eigenvalue weighted by Gasteiger charge is 2.09. The quantitative estimate of drug-likeness (QED) is 0.576. The number of pyridine rings is 1. The Morgan fingerprint density at radius 3 is 2.29 bits per heavy atom. The maximum absolute atomic E-state index is 6.19. The molecule has 0 bridgehead atoms. The van der Waals surface area contributed by atoms with Crippen molar-refractivity contribution in [3.63, 3.8) is 0 Å². The van der Waals surface area contributed by atoms with E-state index in [4.69, 9.17) is 23.2 Å². The maximum Gasteiger partial charge on any atom is 0.212 e. The lowest BCUT2D eigenvalue weighted by molar-refractivity contribution is -0.646. The van der Waals surface area contributed by atoms with Crippen molar-refractivity contribution in [2.45, 2.75) is 0 Å². The number of aryl methyl sites for hydroxylation is 1. The predicted octanol–water partition coefficient (Wildman–Crippen LogP) is 5.14. The average molecular weight is 315 g/mol. The van der Waals surface area contributed by atoms with E-state index in [1.54, 1.807) is 0 Å². The van der Waals surface area contributed by atoms with Gasteiger partial charge < -0.3 is 0 Å². The van der Waals surface area contributed by atoms with Crippen LogP contribution in [0.5, 0.6) is 0 Å². The molecule has 1 heterocycles. The third kappa shape index (κ3) is 2.80. The van der Waals surface area contributed by atoms with Gasteiger partial charge in [-0.2, -0.15) is 4.57 Å². The second kappa shape index (κ2) is 5.88. The van der Waals surface area contributed by atoms with Gasteiger partial charge in [0.05, 0.1) is 0 Å². The molecule has 0 saturated heterocycles. The Kier molecular flexibility index (Phi) is 3.96. The van der Waals surface area contributed by atoms with E-state index in [1.807, 2.05) is 42.5 Å². The first kappa shape index (κ1) is 14.1. The van der Waals surface area contributed by atoms with Gasteiger partial charge in [0.15, 0.2) is 0 Å². The van der Waals surface area contributed by atoms with Crippen molar-refractivity contribution in [2.24, 2.45) is 7.05 Å². The minimum absolute atomic E-state index is 0.655. The molecule has 0 atom stereocenters. The molecule has 0 fully saturated rings. The van der Waals surface area contributed by atoms with Crippen molar-refractivity contribution in [2.75, 3.05) is 0 Å². The third-order valence-corrected chi connectivity index (χ3v) is 4.20. The van der Waals surface area contributed by atoms with Gasteiger partial charge in [-0.05, 0) is 30.3 Å². The second-order valence-corrected chi connectivity index (χ2v) is 5.66. The van der Waals surface area contributed by atoms with Crippen molar-refractivity contribution in [1.82, 2.24) is 0 Å². The lowest BCUT2D eigenvalue weighted by Gasteiger charge is -2.02. The van der Waals surface area contributed by atoms with Gasteiger partial charge in [-0.1, -0.05) is 41.4 Å². The summed E-state index contributed by atoms with van der Waals surface area (Å²) in [5.41, 5.74) is 3.11. The Labute approximate surface area is 134 Å². The number of halogens is 2. The fraction of sp³-hybridized carbons (Fsp3) is 0.0556. The second-order valence-electron chi connectivity index (χ2n) is 4.84. The lowest BCUT2D eigenvalue weighted by atomic mass is 10.1. The van der Waals surface area contributed by atoms with Crippen LogP contribution in [0, 0.1) is 0 Å². The van der Waals surface area contributed by atoms with Crippen molar-refractivity contribution in [1.29, 1.82) is 0 Å². The fourth-order valence-corrected chi connectivity index (χ4v) is 2.89. The molecule has 2 aromatic carbocycles. The Hall–Kier alpha value is -1.83. The molecule has 3 heteroatoms. The van der Waals surface area contributed by atoms with Gasteiger partial charge in [-0.3, -0.25) is 0 Å². The Bertz CT molecular complexity index is 817. The van der Waals surface area contributed by atoms with Crippen LogP contribution >= 0.6 is 23.2 Å². The standard InChI is InChI=1S/C18H14Cl2N/c1-21-14(10-9-13-5-2-3-8-18(13)21)11-12-15-16(19)6-4-7-17(15)20/h2-12H,1H3/q+1/b12-11+. The molecule has 1 nitrogen and oxygen atoms in total. The smallest absolute Gasteiger partial charge is 0.195 e. The van der Waals surface area contributed by atoms with Gasteiger partial charge >= 0.3 is 0 Å². The van der Waals surface area contributed by atoms with Crippen LogP contribution in [0.25, 0.3) is 23.1 Å². The van der Waals surface area contributed by atoms with Crippen LogP contribution in [0.4, 0.5) is 0 Å². The van der Waals surface area contributed by atoms with Crippen molar-refractivity contribution in [3.8, 4) is 0 Å². The number of benzene rings is 2. The zero-order valence-corrected chi connectivity index (χ0v) is 13.1. The molecule has 0 aliphatic heterocycles. The molecule has 104 valence electrons. The summed E-state index contributed by atoms with van der Waals surface area (Å²) < 4.78 is 2.15. The summed E-state index contributed by atoms with van der Waals surface area (Å²) in [6, 6.07) is 18.0. The van der Waals surface area contributed by atoms with E-state index in [9.17, 15) is 0 Å². The molecule has 0 saturated carbocycles. The van der Waals surface area contributed by atoms with Crippen LogP contribution in [0.15, 0.2) is 54.6 Å². The van der Waals surface area contributed by atoms with Crippen molar-refractivity contribution in [3.05, 3.63) is 75.9 Å². The first-order valence-electron chi connectivity index (χ1n) is 6.67. The summed E-state index contributed by atoms with van der Waals surface area (Å²) in [6.45, 7) is 0. The number of nitrogens with zero attached hydrogens (tertiary/aromatic N) is 1. The van der Waals surface area contributed by atoms with Crippen LogP contribution in [-0.2, 0) is 7.05 Å². The van der Waals surface area contributed by atoms with Gasteiger partial charge in [0.1, 0.15) is 7.05 Å². The molecule has 21 heavy (non-hydrogen) atoms. The van der Waals surface area contributed by atoms with E-state index >= 15 is 0 Å². The summed E-state index contributed by atoms with van der Waals surface area (Å²) >= 11 is 12.4. The highest BCUT2D eigenvalue weighted by molar-refractivity contribution is 6.37. The Morgan fingerprint density at radius 2 is 1.52 bits per heavy atom. The zero-order valence-electron chi connectivity index (χ0n) is 11.6. The zero-order chi connectivity index (χ0) is 14.8. The lowest BCUT2D eigenvalue weighted by Crippen LogP contribution is -2.32. The van der Waals surface area contributed by atoms with E-state index < -0.39 is 0 Å². The molecule has 0 aliphatic rings. The third-order valence-electron chi connectivity index (χ3n) is 3.54. The predicted molar refractivity (Wildman–Crippen MR) is 90.5 cm³/mol. The van der Waals surface area contributed by atoms with Crippen LogP contribution in [0.1, 0.15) is 11.3 Å². The van der Waals surface area contributed by atoms with Crippen molar-refractivity contribution < 1.29 is 4.57 Å². The molecule has 3 rings (SSSR count). The topological polar surface area (TPSA) is 3.88 Å². The van der Waals surface area contributed by atoms with E-state index in [0.29, 0.717) is 10.0 Å². The summed E-state index contributed by atoms with van der Waals surface area (Å²) in [4.78, 5) is 0. The van der Waals surface area contributed by atoms with Crippen LogP contribution in [0.2, 0.25) is 10.0 Å². The van der Waals surface area contributed by atoms with E-state index in [2.05, 4.69) is 35.9 Å². The van der Waals surface area contributed by atoms with Crippen LogP contribution in [0.3, 0.4) is 0 Å². The van der Waals surface area contributed by atoms with Crippen molar-refractivity contribution >= 4 is 46.3 Å². The molecule has 0 aliphatic carbocycles. The average Bonchev–Trinajstić information content (AvgIpc) is 2.49. The van der Waals surface area contributed by atoms with E-state index in [-0.39, 0.29) is 0 Å². The van der Waals surface area contributed by atoms with Gasteiger partial charge in [0.2, 0.25) is 11.2 Å². The molecule has 0 amide bonds. The number of hydrogen-bond acceptors (Lipinski definition) is 0. The summed E-state index contributed by atoms with van der Waals surface area (Å²) in [7, 11) is 2.05. The highest BCUT2D eigenvalue weighted by atomic mass is 35.5. The number of fused-ring (bicyclic) bond motifs is 1. The number of hydrogen-bond donors (Lipinski definition) is 0. The highest BCUT2D eigenvalue weighted by Crippen LogP contribution is 2.26. The van der Waals surface area contributed by atoms with Gasteiger partial charge in [0, 0.05) is 39.2 Å². The monoisotopic (exact) mass is 314 g/mol. The van der Waals surface area contributed by atoms with Gasteiger partial charge in [-0.15, -0.1) is 0 Å². The largest absolute Gasteiger partial charge is 0.212 e. The Morgan fingerprint density at radius 1 is 0.810 bits per heavy atom. The molecule has 0 N–H and O–H groups in total. The number of aromatic nitrogens is 1. The minimum atomic E-state index is 0.655. The van der Waals surface area contributed by atoms with Gasteiger partial charge in [-0.25, -0.2) is 0 Å². The number of para-hydroxylation sites is 1. The Balaban J connectivity index is 2.06. The van der Waals surface area contributed by atoms with E-state index in [0.717, 1.165) is 11.3 Å². The molecule has 0 spiro atoms. The summed E-state index contributed by atoms with van der Waals surface area (Å²) in [5.74, 6) is 0. The number of rotatable bonds is 2. The SMILES string of the molecule is C[n+]1c(/C=C/c2c(Cl)cccc2Cl)ccc2ccccc21. The summed E-state index contributed by atoms with van der Waals surface area (Å²) in [6.07, 6.45) is 3.98. The molecular formula is C18H14Cl2N+. The normalized spacial score (nSPS) is 11.4. The first-order chi connectivity index (χ1) is 10.2. The molecule has 3 aromatic rings. The molecule has 0 radical (unpaired) electrons. The molecule has 1 aromatic heterocycles. The minimum Gasteiger partial charge on any atom is -0.195 e. The fourth-order valence-electron chi connectivity index (χ4n) is 2.37. The summed E-state index contributed by atoms with van der Waals surface area (Å²) in [5, 5.41) is 2.53.